The molecule has 100 valence electrons. The maximum absolute atomic E-state index is 11.9. The van der Waals surface area contributed by atoms with Crippen LogP contribution in [0.1, 0.15) is 17.8 Å². The van der Waals surface area contributed by atoms with Crippen molar-refractivity contribution in [1.29, 1.82) is 0 Å². The highest BCUT2D eigenvalue weighted by Crippen LogP contribution is 2.14. The summed E-state index contributed by atoms with van der Waals surface area (Å²) in [5.41, 5.74) is 7.36. The molecule has 0 unspecified atom stereocenters. The lowest BCUT2D eigenvalue weighted by Crippen LogP contribution is -2.16. The number of amides is 1. The quantitative estimate of drug-likeness (QED) is 0.857. The monoisotopic (exact) mass is 258 g/mol. The van der Waals surface area contributed by atoms with Gasteiger partial charge in [-0.15, -0.1) is 0 Å². The fourth-order valence-corrected chi connectivity index (χ4v) is 1.89. The van der Waals surface area contributed by atoms with Gasteiger partial charge in [-0.25, -0.2) is 4.98 Å². The number of nitrogens with zero attached hydrogens (tertiary/aromatic N) is 2. The zero-order valence-corrected chi connectivity index (χ0v) is 11.0. The molecule has 2 rings (SSSR count). The number of hydrogen-bond donors (Lipinski definition) is 2. The van der Waals surface area contributed by atoms with E-state index in [0.29, 0.717) is 19.5 Å². The van der Waals surface area contributed by atoms with Crippen molar-refractivity contribution in [3.63, 3.8) is 0 Å². The zero-order chi connectivity index (χ0) is 13.7. The van der Waals surface area contributed by atoms with Crippen molar-refractivity contribution in [3.05, 3.63) is 48.0 Å². The van der Waals surface area contributed by atoms with Gasteiger partial charge >= 0.3 is 0 Å². The van der Waals surface area contributed by atoms with E-state index in [1.54, 1.807) is 6.20 Å². The molecule has 1 amide bonds. The Balaban J connectivity index is 1.93. The summed E-state index contributed by atoms with van der Waals surface area (Å²) in [5.74, 6) is 0.893. The van der Waals surface area contributed by atoms with E-state index in [-0.39, 0.29) is 5.91 Å². The van der Waals surface area contributed by atoms with Crippen molar-refractivity contribution in [3.8, 4) is 0 Å². The average Bonchev–Trinajstić information content (AvgIpc) is 2.82. The predicted octanol–water partition coefficient (Wildman–Crippen LogP) is 1.68. The van der Waals surface area contributed by atoms with Gasteiger partial charge in [-0.05, 0) is 18.6 Å². The minimum Gasteiger partial charge on any atom is -0.335 e. The lowest BCUT2D eigenvalue weighted by atomic mass is 10.2. The van der Waals surface area contributed by atoms with E-state index in [2.05, 4.69) is 10.3 Å². The largest absolute Gasteiger partial charge is 0.335 e. The molecule has 19 heavy (non-hydrogen) atoms. The van der Waals surface area contributed by atoms with Gasteiger partial charge < -0.3 is 15.6 Å². The fraction of sp³-hybridized carbons (Fsp3) is 0.286. The van der Waals surface area contributed by atoms with Crippen LogP contribution in [0.25, 0.3) is 0 Å². The van der Waals surface area contributed by atoms with Gasteiger partial charge in [-0.1, -0.05) is 18.2 Å². The van der Waals surface area contributed by atoms with Crippen LogP contribution in [0.4, 0.5) is 5.69 Å². The van der Waals surface area contributed by atoms with E-state index in [1.165, 1.54) is 0 Å². The summed E-state index contributed by atoms with van der Waals surface area (Å²) in [5, 5.41) is 2.89. The van der Waals surface area contributed by atoms with Crippen LogP contribution in [0, 0.1) is 6.92 Å². The summed E-state index contributed by atoms with van der Waals surface area (Å²) < 4.78 is 1.95. The topological polar surface area (TPSA) is 72.9 Å². The van der Waals surface area contributed by atoms with E-state index < -0.39 is 0 Å². The first-order valence-corrected chi connectivity index (χ1v) is 6.26. The third kappa shape index (κ3) is 3.42. The summed E-state index contributed by atoms with van der Waals surface area (Å²) in [6.45, 7) is 2.96. The Labute approximate surface area is 112 Å². The molecule has 1 aromatic heterocycles. The lowest BCUT2D eigenvalue weighted by molar-refractivity contribution is -0.116. The van der Waals surface area contributed by atoms with Crippen LogP contribution in [-0.2, 0) is 17.9 Å². The van der Waals surface area contributed by atoms with E-state index in [0.717, 1.165) is 17.1 Å². The second kappa shape index (κ2) is 6.15. The molecule has 0 fully saturated rings. The average molecular weight is 258 g/mol. The van der Waals surface area contributed by atoms with Crippen LogP contribution in [0.2, 0.25) is 0 Å². The molecule has 0 aliphatic carbocycles. The Morgan fingerprint density at radius 3 is 2.89 bits per heavy atom. The van der Waals surface area contributed by atoms with Crippen LogP contribution in [-0.4, -0.2) is 15.5 Å². The molecule has 5 nitrogen and oxygen atoms in total. The molecule has 0 bridgehead atoms. The molecule has 0 atom stereocenters. The van der Waals surface area contributed by atoms with Crippen molar-refractivity contribution in [2.24, 2.45) is 5.73 Å². The molecular formula is C14H18N4O. The lowest BCUT2D eigenvalue weighted by Gasteiger charge is -2.10. The molecule has 2 aromatic rings. The number of aryl methyl sites for hydroxylation is 2. The summed E-state index contributed by atoms with van der Waals surface area (Å²) in [6.07, 6.45) is 4.02. The number of rotatable bonds is 5. The maximum Gasteiger partial charge on any atom is 0.226 e. The molecule has 3 N–H and O–H groups in total. The van der Waals surface area contributed by atoms with Crippen LogP contribution in [0.15, 0.2) is 36.7 Å². The summed E-state index contributed by atoms with van der Waals surface area (Å²) in [4.78, 5) is 16.0. The third-order valence-electron chi connectivity index (χ3n) is 3.01. The van der Waals surface area contributed by atoms with Gasteiger partial charge in [0.05, 0.1) is 0 Å². The first-order chi connectivity index (χ1) is 9.20. The van der Waals surface area contributed by atoms with E-state index in [4.69, 9.17) is 5.73 Å². The van der Waals surface area contributed by atoms with Gasteiger partial charge in [-0.3, -0.25) is 4.79 Å². The van der Waals surface area contributed by atoms with Crippen molar-refractivity contribution in [2.45, 2.75) is 26.4 Å². The standard InChI is InChI=1S/C14H18N4O/c1-11-16-7-9-18(11)8-6-14(19)17-13-5-3-2-4-12(13)10-15/h2-5,7,9H,6,8,10,15H2,1H3,(H,17,19). The van der Waals surface area contributed by atoms with E-state index in [9.17, 15) is 4.79 Å². The van der Waals surface area contributed by atoms with Crippen molar-refractivity contribution >= 4 is 11.6 Å². The number of nitrogens with one attached hydrogen (secondary N) is 1. The Morgan fingerprint density at radius 1 is 1.42 bits per heavy atom. The molecule has 0 spiro atoms. The number of imidazole rings is 1. The van der Waals surface area contributed by atoms with Gasteiger partial charge in [0.15, 0.2) is 0 Å². The summed E-state index contributed by atoms with van der Waals surface area (Å²) >= 11 is 0. The smallest absolute Gasteiger partial charge is 0.226 e. The van der Waals surface area contributed by atoms with Crippen molar-refractivity contribution in [2.75, 3.05) is 5.32 Å². The minimum atomic E-state index is -0.0194. The molecule has 1 aromatic carbocycles. The van der Waals surface area contributed by atoms with Crippen LogP contribution in [0.5, 0.6) is 0 Å². The first-order valence-electron chi connectivity index (χ1n) is 6.26. The Morgan fingerprint density at radius 2 is 2.21 bits per heavy atom. The fourth-order valence-electron chi connectivity index (χ4n) is 1.89. The number of carbonyl (C=O) groups is 1. The highest BCUT2D eigenvalue weighted by molar-refractivity contribution is 5.91. The van der Waals surface area contributed by atoms with Crippen molar-refractivity contribution in [1.82, 2.24) is 9.55 Å². The molecule has 0 saturated carbocycles. The number of anilines is 1. The summed E-state index contributed by atoms with van der Waals surface area (Å²) in [6, 6.07) is 7.57. The van der Waals surface area contributed by atoms with Gasteiger partial charge in [0.1, 0.15) is 5.82 Å². The van der Waals surface area contributed by atoms with E-state index >= 15 is 0 Å². The zero-order valence-electron chi connectivity index (χ0n) is 11.0. The van der Waals surface area contributed by atoms with Gasteiger partial charge in [0.25, 0.3) is 0 Å². The number of nitrogens with two attached hydrogens (primary N) is 1. The molecule has 5 heteroatoms. The van der Waals surface area contributed by atoms with Gasteiger partial charge in [0, 0.05) is 37.6 Å². The first kappa shape index (κ1) is 13.3. The van der Waals surface area contributed by atoms with E-state index in [1.807, 2.05) is 42.0 Å². The molecule has 1 heterocycles. The highest BCUT2D eigenvalue weighted by Gasteiger charge is 2.06. The maximum atomic E-state index is 11.9. The Hall–Kier alpha value is -2.14. The second-order valence-corrected chi connectivity index (χ2v) is 4.33. The third-order valence-corrected chi connectivity index (χ3v) is 3.01. The van der Waals surface area contributed by atoms with Crippen LogP contribution >= 0.6 is 0 Å². The Bertz CT molecular complexity index is 562. The SMILES string of the molecule is Cc1nccn1CCC(=O)Nc1ccccc1CN. The van der Waals surface area contributed by atoms with Crippen LogP contribution < -0.4 is 11.1 Å². The number of carbonyl (C=O) groups excluding carboxylic acids is 1. The van der Waals surface area contributed by atoms with Gasteiger partial charge in [0.2, 0.25) is 5.91 Å². The van der Waals surface area contributed by atoms with Crippen molar-refractivity contribution < 1.29 is 4.79 Å². The molecular weight excluding hydrogens is 240 g/mol. The predicted molar refractivity (Wildman–Crippen MR) is 74.5 cm³/mol. The number of hydrogen-bond acceptors (Lipinski definition) is 3. The number of benzene rings is 1. The second-order valence-electron chi connectivity index (χ2n) is 4.33. The number of para-hydroxylation sites is 1. The number of aromatic nitrogens is 2. The minimum absolute atomic E-state index is 0.0194. The normalized spacial score (nSPS) is 10.4. The molecule has 0 aliphatic heterocycles. The highest BCUT2D eigenvalue weighted by atomic mass is 16.1. The molecule has 0 aliphatic rings. The van der Waals surface area contributed by atoms with Crippen LogP contribution in [0.3, 0.4) is 0 Å². The van der Waals surface area contributed by atoms with Gasteiger partial charge in [-0.2, -0.15) is 0 Å². The Kier molecular flexibility index (Phi) is 4.30. The molecule has 0 saturated heterocycles. The molecule has 0 radical (unpaired) electrons. The summed E-state index contributed by atoms with van der Waals surface area (Å²) in [7, 11) is 0.